The van der Waals surface area contributed by atoms with E-state index in [0.29, 0.717) is 18.9 Å². The van der Waals surface area contributed by atoms with Crippen LogP contribution in [0.25, 0.3) is 0 Å². The standard InChI is InChI=1S/C23H37NO3/c1-7-8-14-21(25)26-17-19-15-22(3,4)24(23(5,6)16-19)27-18(2)20-12-10-9-11-13-20/h9-13,18-19H,7-8,14-17H2,1-6H3. The van der Waals surface area contributed by atoms with Gasteiger partial charge in [0.2, 0.25) is 0 Å². The van der Waals surface area contributed by atoms with E-state index in [1.165, 1.54) is 5.56 Å². The molecule has 0 spiro atoms. The van der Waals surface area contributed by atoms with Gasteiger partial charge in [0.1, 0.15) is 6.10 Å². The van der Waals surface area contributed by atoms with Gasteiger partial charge in [-0.05, 0) is 65.4 Å². The van der Waals surface area contributed by atoms with Crippen molar-refractivity contribution in [3.05, 3.63) is 35.9 Å². The monoisotopic (exact) mass is 375 g/mol. The lowest BCUT2D eigenvalue weighted by Gasteiger charge is -2.54. The topological polar surface area (TPSA) is 38.8 Å². The van der Waals surface area contributed by atoms with Crippen LogP contribution in [0.15, 0.2) is 30.3 Å². The van der Waals surface area contributed by atoms with E-state index in [0.717, 1.165) is 25.7 Å². The molecule has 2 rings (SSSR count). The number of carbonyl (C=O) groups excluding carboxylic acids is 1. The molecule has 1 aromatic carbocycles. The number of rotatable bonds is 8. The molecule has 1 aliphatic rings. The number of unbranched alkanes of at least 4 members (excludes halogenated alkanes) is 1. The van der Waals surface area contributed by atoms with E-state index in [2.05, 4.69) is 58.7 Å². The summed E-state index contributed by atoms with van der Waals surface area (Å²) < 4.78 is 5.56. The van der Waals surface area contributed by atoms with Gasteiger partial charge >= 0.3 is 5.97 Å². The van der Waals surface area contributed by atoms with Gasteiger partial charge in [-0.15, -0.1) is 0 Å². The van der Waals surface area contributed by atoms with Crippen LogP contribution in [0.3, 0.4) is 0 Å². The van der Waals surface area contributed by atoms with Crippen LogP contribution >= 0.6 is 0 Å². The third kappa shape index (κ3) is 6.05. The number of benzene rings is 1. The molecule has 0 bridgehead atoms. The predicted octanol–water partition coefficient (Wildman–Crippen LogP) is 5.68. The average Bonchev–Trinajstić information content (AvgIpc) is 2.61. The fourth-order valence-electron chi connectivity index (χ4n) is 4.42. The van der Waals surface area contributed by atoms with Gasteiger partial charge in [0.05, 0.1) is 6.61 Å². The molecule has 0 aromatic heterocycles. The molecule has 0 N–H and O–H groups in total. The second-order valence-corrected chi connectivity index (χ2v) is 9.14. The molecule has 0 radical (unpaired) electrons. The first-order valence-corrected chi connectivity index (χ1v) is 10.3. The lowest BCUT2D eigenvalue weighted by Crippen LogP contribution is -2.61. The number of hydrogen-bond donors (Lipinski definition) is 0. The summed E-state index contributed by atoms with van der Waals surface area (Å²) >= 11 is 0. The first kappa shape index (κ1) is 21.9. The van der Waals surface area contributed by atoms with E-state index in [9.17, 15) is 4.79 Å². The summed E-state index contributed by atoms with van der Waals surface area (Å²) in [5.74, 6) is 0.288. The molecule has 0 amide bonds. The Balaban J connectivity index is 2.00. The molecule has 0 saturated carbocycles. The van der Waals surface area contributed by atoms with Gasteiger partial charge in [0.15, 0.2) is 0 Å². The molecule has 1 fully saturated rings. The molecule has 1 aliphatic heterocycles. The molecule has 1 saturated heterocycles. The maximum absolute atomic E-state index is 11.9. The minimum Gasteiger partial charge on any atom is -0.465 e. The van der Waals surface area contributed by atoms with Crippen molar-refractivity contribution in [3.8, 4) is 0 Å². The van der Waals surface area contributed by atoms with Gasteiger partial charge in [0, 0.05) is 17.5 Å². The Hall–Kier alpha value is -1.39. The largest absolute Gasteiger partial charge is 0.465 e. The lowest BCUT2D eigenvalue weighted by molar-refractivity contribution is -0.311. The zero-order chi connectivity index (χ0) is 20.1. The summed E-state index contributed by atoms with van der Waals surface area (Å²) in [7, 11) is 0. The second-order valence-electron chi connectivity index (χ2n) is 9.14. The van der Waals surface area contributed by atoms with Crippen LogP contribution in [-0.4, -0.2) is 28.7 Å². The Morgan fingerprint density at radius 3 is 2.30 bits per heavy atom. The van der Waals surface area contributed by atoms with Crippen LogP contribution in [0.4, 0.5) is 0 Å². The Kier molecular flexibility index (Phi) is 7.47. The summed E-state index contributed by atoms with van der Waals surface area (Å²) in [5, 5.41) is 2.17. The maximum Gasteiger partial charge on any atom is 0.305 e. The third-order valence-electron chi connectivity index (χ3n) is 5.42. The molecule has 1 heterocycles. The van der Waals surface area contributed by atoms with Crippen LogP contribution in [0, 0.1) is 5.92 Å². The lowest BCUT2D eigenvalue weighted by atomic mass is 9.75. The zero-order valence-corrected chi connectivity index (χ0v) is 18.0. The summed E-state index contributed by atoms with van der Waals surface area (Å²) in [6, 6.07) is 10.3. The number of esters is 1. The van der Waals surface area contributed by atoms with Crippen molar-refractivity contribution in [2.24, 2.45) is 5.92 Å². The van der Waals surface area contributed by atoms with E-state index in [1.807, 2.05) is 18.2 Å². The normalized spacial score (nSPS) is 21.0. The van der Waals surface area contributed by atoms with Gasteiger partial charge < -0.3 is 4.74 Å². The van der Waals surface area contributed by atoms with Gasteiger partial charge in [-0.2, -0.15) is 5.06 Å². The highest BCUT2D eigenvalue weighted by Crippen LogP contribution is 2.43. The second kappa shape index (κ2) is 9.20. The molecular weight excluding hydrogens is 338 g/mol. The SMILES string of the molecule is CCCCC(=O)OCC1CC(C)(C)N(OC(C)c2ccccc2)C(C)(C)C1. The van der Waals surface area contributed by atoms with Crippen LogP contribution in [0.5, 0.6) is 0 Å². The maximum atomic E-state index is 11.9. The fourth-order valence-corrected chi connectivity index (χ4v) is 4.42. The first-order valence-electron chi connectivity index (χ1n) is 10.3. The fraction of sp³-hybridized carbons (Fsp3) is 0.696. The van der Waals surface area contributed by atoms with E-state index in [4.69, 9.17) is 9.57 Å². The van der Waals surface area contributed by atoms with Gasteiger partial charge in [-0.1, -0.05) is 43.7 Å². The average molecular weight is 376 g/mol. The molecule has 1 unspecified atom stereocenters. The molecule has 0 aliphatic carbocycles. The first-order chi connectivity index (χ1) is 12.7. The summed E-state index contributed by atoms with van der Waals surface area (Å²) in [6.07, 6.45) is 4.33. The molecular formula is C23H37NO3. The van der Waals surface area contributed by atoms with E-state index >= 15 is 0 Å². The molecule has 4 nitrogen and oxygen atoms in total. The number of ether oxygens (including phenoxy) is 1. The highest BCUT2D eigenvalue weighted by atomic mass is 16.7. The van der Waals surface area contributed by atoms with Crippen molar-refractivity contribution in [2.75, 3.05) is 6.61 Å². The van der Waals surface area contributed by atoms with Crippen LogP contribution in [0.2, 0.25) is 0 Å². The van der Waals surface area contributed by atoms with Crippen molar-refractivity contribution >= 4 is 5.97 Å². The zero-order valence-electron chi connectivity index (χ0n) is 18.0. The van der Waals surface area contributed by atoms with Crippen molar-refractivity contribution in [1.29, 1.82) is 0 Å². The van der Waals surface area contributed by atoms with E-state index in [1.54, 1.807) is 0 Å². The minimum absolute atomic E-state index is 0.00632. The Morgan fingerprint density at radius 2 is 1.74 bits per heavy atom. The van der Waals surface area contributed by atoms with Crippen molar-refractivity contribution < 1.29 is 14.4 Å². The summed E-state index contributed by atoms with van der Waals surface area (Å²) in [6.45, 7) is 13.6. The van der Waals surface area contributed by atoms with E-state index in [-0.39, 0.29) is 23.2 Å². The van der Waals surface area contributed by atoms with Crippen molar-refractivity contribution in [2.45, 2.75) is 90.8 Å². The third-order valence-corrected chi connectivity index (χ3v) is 5.42. The smallest absolute Gasteiger partial charge is 0.305 e. The quantitative estimate of drug-likeness (QED) is 0.548. The van der Waals surface area contributed by atoms with Gasteiger partial charge in [-0.3, -0.25) is 9.63 Å². The highest BCUT2D eigenvalue weighted by Gasteiger charge is 2.47. The van der Waals surface area contributed by atoms with Gasteiger partial charge in [-0.25, -0.2) is 0 Å². The molecule has 1 aromatic rings. The van der Waals surface area contributed by atoms with E-state index < -0.39 is 0 Å². The highest BCUT2D eigenvalue weighted by molar-refractivity contribution is 5.69. The summed E-state index contributed by atoms with van der Waals surface area (Å²) in [5.41, 5.74) is 0.910. The number of piperidine rings is 1. The predicted molar refractivity (Wildman–Crippen MR) is 109 cm³/mol. The Bertz CT molecular complexity index is 579. The number of hydrogen-bond acceptors (Lipinski definition) is 4. The Labute approximate surface area is 165 Å². The van der Waals surface area contributed by atoms with Crippen LogP contribution in [0.1, 0.15) is 85.3 Å². The van der Waals surface area contributed by atoms with Crippen LogP contribution < -0.4 is 0 Å². The number of carbonyl (C=O) groups is 1. The number of nitrogens with zero attached hydrogens (tertiary/aromatic N) is 1. The molecule has 1 atom stereocenters. The Morgan fingerprint density at radius 1 is 1.15 bits per heavy atom. The van der Waals surface area contributed by atoms with Crippen molar-refractivity contribution in [3.63, 3.8) is 0 Å². The molecule has 27 heavy (non-hydrogen) atoms. The minimum atomic E-state index is -0.134. The van der Waals surface area contributed by atoms with Crippen molar-refractivity contribution in [1.82, 2.24) is 5.06 Å². The molecule has 152 valence electrons. The number of hydroxylamine groups is 2. The summed E-state index contributed by atoms with van der Waals surface area (Å²) in [4.78, 5) is 18.3. The molecule has 4 heteroatoms. The van der Waals surface area contributed by atoms with Gasteiger partial charge in [0.25, 0.3) is 0 Å². The van der Waals surface area contributed by atoms with Crippen LogP contribution in [-0.2, 0) is 14.4 Å².